The lowest BCUT2D eigenvalue weighted by molar-refractivity contribution is 0.101. The van der Waals surface area contributed by atoms with Crippen LogP contribution in [0, 0.1) is 22.1 Å². The molecule has 0 aromatic heterocycles. The van der Waals surface area contributed by atoms with Crippen LogP contribution >= 0.6 is 22.6 Å². The first-order valence-corrected chi connectivity index (χ1v) is 4.68. The summed E-state index contributed by atoms with van der Waals surface area (Å²) < 4.78 is 26.6. The second kappa shape index (κ2) is 3.69. The number of ketones is 1. The van der Waals surface area contributed by atoms with Gasteiger partial charge in [-0.2, -0.15) is 0 Å². The van der Waals surface area contributed by atoms with E-state index in [9.17, 15) is 13.6 Å². The first kappa shape index (κ1) is 10.6. The first-order chi connectivity index (χ1) is 5.95. The van der Waals surface area contributed by atoms with Crippen LogP contribution in [0.3, 0.4) is 0 Å². The Labute approximate surface area is 88.3 Å². The molecule has 0 saturated carbocycles. The van der Waals surface area contributed by atoms with Crippen molar-refractivity contribution < 1.29 is 13.6 Å². The highest BCUT2D eigenvalue weighted by atomic mass is 127. The molecule has 0 aliphatic carbocycles. The van der Waals surface area contributed by atoms with E-state index in [1.807, 2.05) is 0 Å². The molecule has 0 unspecified atom stereocenters. The zero-order valence-corrected chi connectivity index (χ0v) is 9.28. The van der Waals surface area contributed by atoms with Gasteiger partial charge in [0.15, 0.2) is 5.78 Å². The number of rotatable bonds is 1. The Morgan fingerprint density at radius 2 is 1.92 bits per heavy atom. The van der Waals surface area contributed by atoms with Gasteiger partial charge in [-0.15, -0.1) is 0 Å². The lowest BCUT2D eigenvalue weighted by atomic mass is 10.1. The van der Waals surface area contributed by atoms with Gasteiger partial charge in [-0.1, -0.05) is 0 Å². The lowest BCUT2D eigenvalue weighted by Crippen LogP contribution is -2.03. The Morgan fingerprint density at radius 3 is 2.38 bits per heavy atom. The molecule has 0 N–H and O–H groups in total. The maximum atomic E-state index is 13.2. The number of benzene rings is 1. The fourth-order valence-corrected chi connectivity index (χ4v) is 1.70. The Bertz CT molecular complexity index is 374. The van der Waals surface area contributed by atoms with Crippen molar-refractivity contribution in [1.82, 2.24) is 0 Å². The van der Waals surface area contributed by atoms with Crippen molar-refractivity contribution in [2.75, 3.05) is 0 Å². The van der Waals surface area contributed by atoms with Gasteiger partial charge >= 0.3 is 0 Å². The highest BCUT2D eigenvalue weighted by Gasteiger charge is 2.16. The van der Waals surface area contributed by atoms with Crippen molar-refractivity contribution in [1.29, 1.82) is 0 Å². The van der Waals surface area contributed by atoms with Gasteiger partial charge in [0, 0.05) is 9.13 Å². The fourth-order valence-electron chi connectivity index (χ4n) is 0.987. The number of carbonyl (C=O) groups is 1. The van der Waals surface area contributed by atoms with Crippen molar-refractivity contribution >= 4 is 28.4 Å². The Hall–Kier alpha value is -0.520. The summed E-state index contributed by atoms with van der Waals surface area (Å²) in [6.45, 7) is 2.57. The number of carbonyl (C=O) groups excluding carboxylic acids is 1. The minimum Gasteiger partial charge on any atom is -0.294 e. The summed E-state index contributed by atoms with van der Waals surface area (Å²) in [5.41, 5.74) is -0.152. The molecule has 4 heteroatoms. The van der Waals surface area contributed by atoms with Crippen molar-refractivity contribution in [2.24, 2.45) is 0 Å². The minimum atomic E-state index is -0.759. The van der Waals surface area contributed by atoms with Crippen LogP contribution in [0.4, 0.5) is 8.78 Å². The molecular weight excluding hydrogens is 289 g/mol. The molecule has 0 amide bonds. The molecule has 1 rings (SSSR count). The number of Topliss-reactive ketones (excluding diaryl/α,β-unsaturated/α-hetero) is 1. The maximum Gasteiger partial charge on any atom is 0.162 e. The van der Waals surface area contributed by atoms with Crippen LogP contribution in [-0.4, -0.2) is 5.78 Å². The van der Waals surface area contributed by atoms with Crippen molar-refractivity contribution in [3.05, 3.63) is 32.4 Å². The Morgan fingerprint density at radius 1 is 1.38 bits per heavy atom. The van der Waals surface area contributed by atoms with E-state index < -0.39 is 17.4 Å². The molecule has 0 saturated heterocycles. The predicted octanol–water partition coefficient (Wildman–Crippen LogP) is 3.08. The van der Waals surface area contributed by atoms with E-state index in [1.165, 1.54) is 19.9 Å². The molecule has 13 heavy (non-hydrogen) atoms. The third-order valence-corrected chi connectivity index (χ3v) is 2.54. The molecule has 1 aromatic carbocycles. The molecule has 0 aliphatic heterocycles. The zero-order valence-electron chi connectivity index (χ0n) is 7.12. The van der Waals surface area contributed by atoms with Gasteiger partial charge < -0.3 is 0 Å². The van der Waals surface area contributed by atoms with Gasteiger partial charge in [0.05, 0.1) is 5.56 Å². The van der Waals surface area contributed by atoms with Crippen LogP contribution in [0.5, 0.6) is 0 Å². The van der Waals surface area contributed by atoms with E-state index in [1.54, 1.807) is 22.6 Å². The van der Waals surface area contributed by atoms with Crippen LogP contribution in [0.2, 0.25) is 0 Å². The Kier molecular flexibility index (Phi) is 3.00. The summed E-state index contributed by atoms with van der Waals surface area (Å²) in [6.07, 6.45) is 0. The van der Waals surface area contributed by atoms with Gasteiger partial charge in [0.1, 0.15) is 11.6 Å². The average molecular weight is 296 g/mol. The summed E-state index contributed by atoms with van der Waals surface area (Å²) in [6, 6.07) is 1.22. The molecule has 1 nitrogen and oxygen atoms in total. The van der Waals surface area contributed by atoms with Crippen LogP contribution in [-0.2, 0) is 0 Å². The molecule has 0 heterocycles. The zero-order chi connectivity index (χ0) is 10.2. The van der Waals surface area contributed by atoms with E-state index >= 15 is 0 Å². The molecule has 0 aliphatic rings. The smallest absolute Gasteiger partial charge is 0.162 e. The molecule has 0 fully saturated rings. The van der Waals surface area contributed by atoms with Gasteiger partial charge in [0.2, 0.25) is 0 Å². The standard InChI is InChI=1S/C9H7F2IO/c1-4-8(10)6(5(2)13)3-7(12)9(4)11/h3H,1-2H3. The third-order valence-electron chi connectivity index (χ3n) is 1.75. The number of hydrogen-bond donors (Lipinski definition) is 0. The topological polar surface area (TPSA) is 17.1 Å². The van der Waals surface area contributed by atoms with Crippen molar-refractivity contribution in [2.45, 2.75) is 13.8 Å². The van der Waals surface area contributed by atoms with Crippen LogP contribution in [0.15, 0.2) is 6.07 Å². The Balaban J connectivity index is 3.50. The summed E-state index contributed by atoms with van der Waals surface area (Å²) in [7, 11) is 0. The predicted molar refractivity (Wildman–Crippen MR) is 53.8 cm³/mol. The summed E-state index contributed by atoms with van der Waals surface area (Å²) in [4.78, 5) is 10.9. The fraction of sp³-hybridized carbons (Fsp3) is 0.222. The van der Waals surface area contributed by atoms with E-state index in [0.29, 0.717) is 0 Å². The maximum absolute atomic E-state index is 13.2. The molecular formula is C9H7F2IO. The summed E-state index contributed by atoms with van der Waals surface area (Å²) in [5, 5.41) is 0. The second-order valence-electron chi connectivity index (χ2n) is 2.72. The quantitative estimate of drug-likeness (QED) is 0.442. The van der Waals surface area contributed by atoms with E-state index in [4.69, 9.17) is 0 Å². The second-order valence-corrected chi connectivity index (χ2v) is 3.88. The first-order valence-electron chi connectivity index (χ1n) is 3.60. The monoisotopic (exact) mass is 296 g/mol. The highest BCUT2D eigenvalue weighted by Crippen LogP contribution is 2.21. The van der Waals surface area contributed by atoms with Crippen molar-refractivity contribution in [3.63, 3.8) is 0 Å². The van der Waals surface area contributed by atoms with Gasteiger partial charge in [-0.05, 0) is 42.5 Å². The largest absolute Gasteiger partial charge is 0.294 e. The summed E-state index contributed by atoms with van der Waals surface area (Å²) in [5.74, 6) is -1.74. The molecule has 1 aromatic rings. The van der Waals surface area contributed by atoms with Crippen LogP contribution in [0.25, 0.3) is 0 Å². The van der Waals surface area contributed by atoms with Gasteiger partial charge in [0.25, 0.3) is 0 Å². The molecule has 0 radical (unpaired) electrons. The molecule has 0 atom stereocenters. The van der Waals surface area contributed by atoms with Gasteiger partial charge in [-0.3, -0.25) is 4.79 Å². The molecule has 70 valence electrons. The van der Waals surface area contributed by atoms with Crippen molar-refractivity contribution in [3.8, 4) is 0 Å². The average Bonchev–Trinajstić information content (AvgIpc) is 2.07. The molecule has 0 spiro atoms. The summed E-state index contributed by atoms with van der Waals surface area (Å²) >= 11 is 1.73. The van der Waals surface area contributed by atoms with E-state index in [-0.39, 0.29) is 14.7 Å². The van der Waals surface area contributed by atoms with E-state index in [2.05, 4.69) is 0 Å². The van der Waals surface area contributed by atoms with Crippen LogP contribution < -0.4 is 0 Å². The van der Waals surface area contributed by atoms with Gasteiger partial charge in [-0.25, -0.2) is 8.78 Å². The number of halogens is 3. The highest BCUT2D eigenvalue weighted by molar-refractivity contribution is 14.1. The number of hydrogen-bond acceptors (Lipinski definition) is 1. The van der Waals surface area contributed by atoms with E-state index in [0.717, 1.165) is 0 Å². The normalized spacial score (nSPS) is 10.2. The SMILES string of the molecule is CC(=O)c1cc(I)c(F)c(C)c1F. The lowest BCUT2D eigenvalue weighted by Gasteiger charge is -2.05. The van der Waals surface area contributed by atoms with Crippen LogP contribution in [0.1, 0.15) is 22.8 Å². The third kappa shape index (κ3) is 1.87. The minimum absolute atomic E-state index is 0.0525. The molecule has 0 bridgehead atoms.